The summed E-state index contributed by atoms with van der Waals surface area (Å²) in [5, 5.41) is 3.67. The van der Waals surface area contributed by atoms with E-state index >= 15 is 0 Å². The van der Waals surface area contributed by atoms with Crippen LogP contribution < -0.4 is 5.32 Å². The van der Waals surface area contributed by atoms with Gasteiger partial charge in [0, 0.05) is 16.3 Å². The first kappa shape index (κ1) is 12.8. The third kappa shape index (κ3) is 2.79. The number of nitrogens with one attached hydrogen (secondary N) is 1. The molecule has 0 saturated heterocycles. The molecule has 0 heterocycles. The lowest BCUT2D eigenvalue weighted by Gasteiger charge is -2.16. The molecule has 1 atom stereocenters. The van der Waals surface area contributed by atoms with Crippen LogP contribution in [0, 0.1) is 11.6 Å². The summed E-state index contributed by atoms with van der Waals surface area (Å²) in [6, 6.07) is 10.9. The first-order valence-electron chi connectivity index (χ1n) is 5.54. The van der Waals surface area contributed by atoms with Gasteiger partial charge in [0.1, 0.15) is 0 Å². The number of hydrogen-bond acceptors (Lipinski definition) is 1. The summed E-state index contributed by atoms with van der Waals surface area (Å²) in [5.41, 5.74) is 1.05. The standard InChI is InChI=1S/C14H12ClF2N/c1-9(12-6-3-7-13(16)14(12)17)18-11-5-2-4-10(15)8-11/h2-9,18H,1H3. The highest BCUT2D eigenvalue weighted by atomic mass is 35.5. The molecule has 4 heteroatoms. The van der Waals surface area contributed by atoms with Gasteiger partial charge in [0.25, 0.3) is 0 Å². The Morgan fingerprint density at radius 2 is 1.83 bits per heavy atom. The molecule has 2 aromatic rings. The van der Waals surface area contributed by atoms with Crippen LogP contribution >= 0.6 is 11.6 Å². The summed E-state index contributed by atoms with van der Waals surface area (Å²) in [6.45, 7) is 1.76. The van der Waals surface area contributed by atoms with Crippen molar-refractivity contribution in [1.29, 1.82) is 0 Å². The zero-order chi connectivity index (χ0) is 13.1. The van der Waals surface area contributed by atoms with Crippen molar-refractivity contribution in [3.05, 3.63) is 64.7 Å². The first-order valence-corrected chi connectivity index (χ1v) is 5.91. The summed E-state index contributed by atoms with van der Waals surface area (Å²) in [4.78, 5) is 0. The molecule has 0 radical (unpaired) electrons. The quantitative estimate of drug-likeness (QED) is 0.843. The minimum atomic E-state index is -0.841. The fourth-order valence-corrected chi connectivity index (χ4v) is 1.95. The molecule has 0 amide bonds. The van der Waals surface area contributed by atoms with Crippen LogP contribution in [-0.4, -0.2) is 0 Å². The third-order valence-electron chi connectivity index (χ3n) is 2.66. The minimum Gasteiger partial charge on any atom is -0.378 e. The molecule has 0 aliphatic rings. The van der Waals surface area contributed by atoms with E-state index in [0.29, 0.717) is 5.02 Å². The van der Waals surface area contributed by atoms with Gasteiger partial charge in [0.15, 0.2) is 11.6 Å². The normalized spacial score (nSPS) is 12.2. The monoisotopic (exact) mass is 267 g/mol. The SMILES string of the molecule is CC(Nc1cccc(Cl)c1)c1cccc(F)c1F. The molecule has 94 valence electrons. The number of halogens is 3. The van der Waals surface area contributed by atoms with Crippen LogP contribution in [0.2, 0.25) is 5.02 Å². The second-order valence-electron chi connectivity index (χ2n) is 4.02. The Balaban J connectivity index is 2.22. The number of benzene rings is 2. The van der Waals surface area contributed by atoms with Gasteiger partial charge in [0.2, 0.25) is 0 Å². The van der Waals surface area contributed by atoms with E-state index < -0.39 is 11.6 Å². The van der Waals surface area contributed by atoms with Gasteiger partial charge in [0.05, 0.1) is 6.04 Å². The van der Waals surface area contributed by atoms with Gasteiger partial charge in [-0.2, -0.15) is 0 Å². The molecular weight excluding hydrogens is 256 g/mol. The van der Waals surface area contributed by atoms with Gasteiger partial charge in [-0.05, 0) is 31.2 Å². The van der Waals surface area contributed by atoms with Crippen LogP contribution in [0.25, 0.3) is 0 Å². The van der Waals surface area contributed by atoms with Gasteiger partial charge in [-0.15, -0.1) is 0 Å². The Bertz CT molecular complexity index is 557. The molecule has 0 saturated carbocycles. The van der Waals surface area contributed by atoms with Gasteiger partial charge < -0.3 is 5.32 Å². The zero-order valence-corrected chi connectivity index (χ0v) is 10.5. The first-order chi connectivity index (χ1) is 8.58. The highest BCUT2D eigenvalue weighted by Crippen LogP contribution is 2.24. The lowest BCUT2D eigenvalue weighted by Crippen LogP contribution is -2.09. The average Bonchev–Trinajstić information content (AvgIpc) is 2.32. The van der Waals surface area contributed by atoms with E-state index in [0.717, 1.165) is 11.8 Å². The molecule has 0 aliphatic heterocycles. The van der Waals surface area contributed by atoms with Crippen LogP contribution in [-0.2, 0) is 0 Å². The van der Waals surface area contributed by atoms with Crippen LogP contribution in [0.15, 0.2) is 42.5 Å². The van der Waals surface area contributed by atoms with Crippen LogP contribution in [0.4, 0.5) is 14.5 Å². The Kier molecular flexibility index (Phi) is 3.82. The predicted octanol–water partition coefficient (Wildman–Crippen LogP) is 4.79. The van der Waals surface area contributed by atoms with Crippen molar-refractivity contribution >= 4 is 17.3 Å². The topological polar surface area (TPSA) is 12.0 Å². The lowest BCUT2D eigenvalue weighted by molar-refractivity contribution is 0.494. The minimum absolute atomic E-state index is 0.287. The number of anilines is 1. The largest absolute Gasteiger partial charge is 0.378 e. The van der Waals surface area contributed by atoms with E-state index in [1.165, 1.54) is 6.07 Å². The summed E-state index contributed by atoms with van der Waals surface area (Å²) in [7, 11) is 0. The predicted molar refractivity (Wildman–Crippen MR) is 69.8 cm³/mol. The summed E-state index contributed by atoms with van der Waals surface area (Å²) < 4.78 is 26.7. The van der Waals surface area contributed by atoms with Crippen molar-refractivity contribution in [3.63, 3.8) is 0 Å². The molecule has 1 nitrogen and oxygen atoms in total. The van der Waals surface area contributed by atoms with E-state index in [9.17, 15) is 8.78 Å². The Morgan fingerprint density at radius 3 is 2.56 bits per heavy atom. The average molecular weight is 268 g/mol. The van der Waals surface area contributed by atoms with Crippen molar-refractivity contribution in [3.8, 4) is 0 Å². The van der Waals surface area contributed by atoms with Gasteiger partial charge in [-0.1, -0.05) is 29.8 Å². The smallest absolute Gasteiger partial charge is 0.164 e. The molecule has 0 bridgehead atoms. The summed E-state index contributed by atoms with van der Waals surface area (Å²) in [5.74, 6) is -1.66. The maximum absolute atomic E-state index is 13.6. The summed E-state index contributed by atoms with van der Waals surface area (Å²) >= 11 is 5.86. The zero-order valence-electron chi connectivity index (χ0n) is 9.75. The van der Waals surface area contributed by atoms with Crippen molar-refractivity contribution in [2.75, 3.05) is 5.32 Å². The molecule has 0 spiro atoms. The maximum atomic E-state index is 13.6. The number of rotatable bonds is 3. The van der Waals surface area contributed by atoms with Crippen molar-refractivity contribution in [2.45, 2.75) is 13.0 Å². The van der Waals surface area contributed by atoms with E-state index in [1.54, 1.807) is 31.2 Å². The van der Waals surface area contributed by atoms with E-state index in [2.05, 4.69) is 5.32 Å². The van der Waals surface area contributed by atoms with E-state index in [1.807, 2.05) is 6.07 Å². The van der Waals surface area contributed by atoms with E-state index in [-0.39, 0.29) is 11.6 Å². The molecule has 18 heavy (non-hydrogen) atoms. The Morgan fingerprint density at radius 1 is 1.11 bits per heavy atom. The third-order valence-corrected chi connectivity index (χ3v) is 2.89. The number of hydrogen-bond donors (Lipinski definition) is 1. The molecule has 2 aromatic carbocycles. The van der Waals surface area contributed by atoms with Crippen molar-refractivity contribution in [1.82, 2.24) is 0 Å². The van der Waals surface area contributed by atoms with Crippen LogP contribution in [0.5, 0.6) is 0 Å². The Labute approximate surface area is 109 Å². The second-order valence-corrected chi connectivity index (χ2v) is 4.46. The fraction of sp³-hybridized carbons (Fsp3) is 0.143. The second kappa shape index (κ2) is 5.36. The lowest BCUT2D eigenvalue weighted by atomic mass is 10.1. The molecule has 0 aromatic heterocycles. The molecule has 1 N–H and O–H groups in total. The van der Waals surface area contributed by atoms with Gasteiger partial charge in [-0.25, -0.2) is 8.78 Å². The molecular formula is C14H12ClF2N. The molecule has 1 unspecified atom stereocenters. The fourth-order valence-electron chi connectivity index (χ4n) is 1.76. The highest BCUT2D eigenvalue weighted by Gasteiger charge is 2.13. The Hall–Kier alpha value is -1.61. The van der Waals surface area contributed by atoms with Crippen molar-refractivity contribution in [2.24, 2.45) is 0 Å². The van der Waals surface area contributed by atoms with Crippen molar-refractivity contribution < 1.29 is 8.78 Å². The highest BCUT2D eigenvalue weighted by molar-refractivity contribution is 6.30. The molecule has 0 fully saturated rings. The van der Waals surface area contributed by atoms with Crippen LogP contribution in [0.1, 0.15) is 18.5 Å². The van der Waals surface area contributed by atoms with Gasteiger partial charge >= 0.3 is 0 Å². The molecule has 2 rings (SSSR count). The van der Waals surface area contributed by atoms with Crippen LogP contribution in [0.3, 0.4) is 0 Å². The van der Waals surface area contributed by atoms with Gasteiger partial charge in [-0.3, -0.25) is 0 Å². The maximum Gasteiger partial charge on any atom is 0.164 e. The molecule has 0 aliphatic carbocycles. The van der Waals surface area contributed by atoms with E-state index in [4.69, 9.17) is 11.6 Å². The summed E-state index contributed by atoms with van der Waals surface area (Å²) in [6.07, 6.45) is 0.